The van der Waals surface area contributed by atoms with Crippen LogP contribution in [0, 0.1) is 0 Å². The van der Waals surface area contributed by atoms with Crippen molar-refractivity contribution < 1.29 is 27.4 Å². The summed E-state index contributed by atoms with van der Waals surface area (Å²) in [6.07, 6.45) is -4.71. The smallest absolute Gasteiger partial charge is 0.431 e. The Balaban J connectivity index is 1.49. The van der Waals surface area contributed by atoms with Gasteiger partial charge in [-0.15, -0.1) is 0 Å². The van der Waals surface area contributed by atoms with E-state index in [0.717, 1.165) is 11.6 Å². The van der Waals surface area contributed by atoms with Crippen molar-refractivity contribution in [2.24, 2.45) is 0 Å². The molecule has 2 aliphatic rings. The maximum absolute atomic E-state index is 12.9. The number of hydrogen-bond acceptors (Lipinski definition) is 4. The molecule has 1 unspecified atom stereocenters. The second kappa shape index (κ2) is 7.52. The average molecular weight is 442 g/mol. The standard InChI is InChI=1S/C23H17F3N2O4/c24-23(25,26)19-8-7-16(21(29)27-19)22(30)28-20-14-3-1-2-4-17(14)32-18-9-12(5-6-15(18)20)13-10-31-11-13/h1-9,13,20H,10-11H2,(H,27,29)(H,28,30). The zero-order valence-corrected chi connectivity index (χ0v) is 16.5. The van der Waals surface area contributed by atoms with Crippen LogP contribution in [-0.4, -0.2) is 24.1 Å². The Morgan fingerprint density at radius 3 is 2.44 bits per heavy atom. The summed E-state index contributed by atoms with van der Waals surface area (Å²) in [5.74, 6) is 0.609. The first kappa shape index (κ1) is 20.3. The van der Waals surface area contributed by atoms with E-state index in [-0.39, 0.29) is 5.92 Å². The monoisotopic (exact) mass is 442 g/mol. The molecule has 1 fully saturated rings. The van der Waals surface area contributed by atoms with Crippen molar-refractivity contribution in [3.63, 3.8) is 0 Å². The molecule has 2 aliphatic heterocycles. The van der Waals surface area contributed by atoms with Gasteiger partial charge in [-0.3, -0.25) is 9.59 Å². The number of carbonyl (C=O) groups is 1. The molecule has 0 aliphatic carbocycles. The average Bonchev–Trinajstić information content (AvgIpc) is 2.71. The van der Waals surface area contributed by atoms with Gasteiger partial charge < -0.3 is 19.8 Å². The van der Waals surface area contributed by atoms with E-state index in [9.17, 15) is 22.8 Å². The number of halogens is 3. The van der Waals surface area contributed by atoms with Gasteiger partial charge in [0.05, 0.1) is 19.3 Å². The molecule has 1 saturated heterocycles. The lowest BCUT2D eigenvalue weighted by Gasteiger charge is -2.31. The van der Waals surface area contributed by atoms with E-state index in [1.165, 1.54) is 0 Å². The molecule has 2 aromatic carbocycles. The molecule has 0 spiro atoms. The molecule has 0 saturated carbocycles. The van der Waals surface area contributed by atoms with E-state index in [4.69, 9.17) is 9.47 Å². The molecule has 3 heterocycles. The van der Waals surface area contributed by atoms with Crippen molar-refractivity contribution in [2.45, 2.75) is 18.1 Å². The molecule has 2 N–H and O–H groups in total. The first-order valence-electron chi connectivity index (χ1n) is 9.91. The SMILES string of the molecule is O=C(NC1c2ccccc2Oc2cc(C3COC3)ccc21)c1ccc(C(F)(F)F)[nH]c1=O. The molecule has 5 rings (SSSR count). The fraction of sp³-hybridized carbons (Fsp3) is 0.217. The second-order valence-electron chi connectivity index (χ2n) is 7.69. The third kappa shape index (κ3) is 3.54. The van der Waals surface area contributed by atoms with E-state index < -0.39 is 34.9 Å². The molecule has 1 atom stereocenters. The fourth-order valence-electron chi connectivity index (χ4n) is 3.84. The number of H-pyrrole nitrogens is 1. The Bertz CT molecular complexity index is 1260. The van der Waals surface area contributed by atoms with Crippen molar-refractivity contribution in [1.29, 1.82) is 0 Å². The Morgan fingerprint density at radius 2 is 1.75 bits per heavy atom. The number of hydrogen-bond donors (Lipinski definition) is 2. The number of alkyl halides is 3. The maximum atomic E-state index is 12.9. The lowest BCUT2D eigenvalue weighted by molar-refractivity contribution is -0.141. The van der Waals surface area contributed by atoms with Gasteiger partial charge in [-0.2, -0.15) is 13.2 Å². The molecule has 164 valence electrons. The Morgan fingerprint density at radius 1 is 1.00 bits per heavy atom. The summed E-state index contributed by atoms with van der Waals surface area (Å²) >= 11 is 0. The number of carbonyl (C=O) groups excluding carboxylic acids is 1. The van der Waals surface area contributed by atoms with Crippen LogP contribution in [0.15, 0.2) is 59.4 Å². The summed E-state index contributed by atoms with van der Waals surface area (Å²) in [6, 6.07) is 13.7. The number of fused-ring (bicyclic) bond motifs is 2. The fourth-order valence-corrected chi connectivity index (χ4v) is 3.84. The zero-order valence-electron chi connectivity index (χ0n) is 16.5. The zero-order chi connectivity index (χ0) is 22.5. The van der Waals surface area contributed by atoms with Crippen LogP contribution >= 0.6 is 0 Å². The predicted molar refractivity (Wildman–Crippen MR) is 108 cm³/mol. The van der Waals surface area contributed by atoms with Gasteiger partial charge in [0.25, 0.3) is 11.5 Å². The van der Waals surface area contributed by atoms with E-state index >= 15 is 0 Å². The Kier molecular flexibility index (Phi) is 4.78. The van der Waals surface area contributed by atoms with Gasteiger partial charge in [0.1, 0.15) is 22.8 Å². The van der Waals surface area contributed by atoms with Crippen molar-refractivity contribution in [2.75, 3.05) is 13.2 Å². The highest BCUT2D eigenvalue weighted by Gasteiger charge is 2.34. The minimum Gasteiger partial charge on any atom is -0.457 e. The van der Waals surface area contributed by atoms with Gasteiger partial charge in [0.15, 0.2) is 0 Å². The first-order valence-corrected chi connectivity index (χ1v) is 9.91. The molecule has 1 aromatic heterocycles. The van der Waals surface area contributed by atoms with Gasteiger partial charge in [-0.1, -0.05) is 30.3 Å². The Labute approximate surface area is 180 Å². The van der Waals surface area contributed by atoms with Crippen molar-refractivity contribution in [1.82, 2.24) is 10.3 Å². The molecular weight excluding hydrogens is 425 g/mol. The molecule has 3 aromatic rings. The summed E-state index contributed by atoms with van der Waals surface area (Å²) in [6.45, 7) is 1.26. The lowest BCUT2D eigenvalue weighted by atomic mass is 9.90. The van der Waals surface area contributed by atoms with Crippen molar-refractivity contribution in [3.05, 3.63) is 92.9 Å². The minimum atomic E-state index is -4.71. The van der Waals surface area contributed by atoms with E-state index in [1.54, 1.807) is 29.2 Å². The summed E-state index contributed by atoms with van der Waals surface area (Å²) in [5, 5.41) is 2.78. The number of nitrogens with one attached hydrogen (secondary N) is 2. The van der Waals surface area contributed by atoms with Crippen LogP contribution in [0.2, 0.25) is 0 Å². The van der Waals surface area contributed by atoms with E-state index in [1.807, 2.05) is 18.2 Å². The van der Waals surface area contributed by atoms with Crippen LogP contribution in [0.1, 0.15) is 44.7 Å². The highest BCUT2D eigenvalue weighted by Crippen LogP contribution is 2.44. The number of benzene rings is 2. The molecule has 0 bridgehead atoms. The molecule has 32 heavy (non-hydrogen) atoms. The molecule has 0 radical (unpaired) electrons. The van der Waals surface area contributed by atoms with Gasteiger partial charge in [0, 0.05) is 17.0 Å². The maximum Gasteiger partial charge on any atom is 0.431 e. The van der Waals surface area contributed by atoms with Crippen LogP contribution in [0.3, 0.4) is 0 Å². The third-order valence-electron chi connectivity index (χ3n) is 5.64. The summed E-state index contributed by atoms with van der Waals surface area (Å²) < 4.78 is 49.8. The van der Waals surface area contributed by atoms with E-state index in [2.05, 4.69) is 5.32 Å². The van der Waals surface area contributed by atoms with E-state index in [0.29, 0.717) is 41.9 Å². The minimum absolute atomic E-state index is 0.278. The molecule has 1 amide bonds. The highest BCUT2D eigenvalue weighted by molar-refractivity contribution is 5.94. The van der Waals surface area contributed by atoms with Gasteiger partial charge in [0.2, 0.25) is 0 Å². The molecular formula is C23H17F3N2O4. The topological polar surface area (TPSA) is 80.4 Å². The van der Waals surface area contributed by atoms with Crippen LogP contribution in [0.25, 0.3) is 0 Å². The largest absolute Gasteiger partial charge is 0.457 e. The Hall–Kier alpha value is -3.59. The van der Waals surface area contributed by atoms with Crippen LogP contribution in [0.4, 0.5) is 13.2 Å². The third-order valence-corrected chi connectivity index (χ3v) is 5.64. The summed E-state index contributed by atoms with van der Waals surface area (Å²) in [5.41, 5.74) is -0.322. The second-order valence-corrected chi connectivity index (χ2v) is 7.69. The van der Waals surface area contributed by atoms with Gasteiger partial charge >= 0.3 is 6.18 Å². The number of aromatic amines is 1. The normalized spacial score (nSPS) is 17.5. The number of aromatic nitrogens is 1. The predicted octanol–water partition coefficient (Wildman–Crippen LogP) is 4.13. The summed E-state index contributed by atoms with van der Waals surface area (Å²) in [7, 11) is 0. The molecule has 9 heteroatoms. The van der Waals surface area contributed by atoms with Crippen LogP contribution in [-0.2, 0) is 10.9 Å². The van der Waals surface area contributed by atoms with Crippen molar-refractivity contribution in [3.8, 4) is 11.5 Å². The quantitative estimate of drug-likeness (QED) is 0.639. The number of para-hydroxylation sites is 1. The number of amides is 1. The molecule has 6 nitrogen and oxygen atoms in total. The summed E-state index contributed by atoms with van der Waals surface area (Å²) in [4.78, 5) is 26.8. The number of pyridine rings is 1. The van der Waals surface area contributed by atoms with Gasteiger partial charge in [-0.25, -0.2) is 0 Å². The highest BCUT2D eigenvalue weighted by atomic mass is 19.4. The first-order chi connectivity index (χ1) is 15.3. The van der Waals surface area contributed by atoms with Gasteiger partial charge in [-0.05, 0) is 29.8 Å². The lowest BCUT2D eigenvalue weighted by Crippen LogP contribution is -2.35. The number of ether oxygens (including phenoxy) is 2. The van der Waals surface area contributed by atoms with Crippen LogP contribution in [0.5, 0.6) is 11.5 Å². The van der Waals surface area contributed by atoms with Crippen LogP contribution < -0.4 is 15.6 Å². The number of rotatable bonds is 3. The van der Waals surface area contributed by atoms with Crippen molar-refractivity contribution >= 4 is 5.91 Å².